The number of allylic oxidation sites excluding steroid dienone is 1. The Morgan fingerprint density at radius 1 is 1.33 bits per heavy atom. The molecule has 1 unspecified atom stereocenters. The SMILES string of the molecule is COC(=O)C(O)CC=C=CC[C@H]1C(=O)C[C@@H](C)[C@@H]1/C=C/CCOc1ccc(Cl)cc1. The van der Waals surface area contributed by atoms with Gasteiger partial charge in [0.1, 0.15) is 11.5 Å². The van der Waals surface area contributed by atoms with Crippen molar-refractivity contribution in [2.24, 2.45) is 17.8 Å². The highest BCUT2D eigenvalue weighted by atomic mass is 35.5. The number of carbonyl (C=O) groups is 2. The van der Waals surface area contributed by atoms with Gasteiger partial charge in [0.25, 0.3) is 0 Å². The summed E-state index contributed by atoms with van der Waals surface area (Å²) in [6, 6.07) is 7.26. The molecule has 0 radical (unpaired) electrons. The summed E-state index contributed by atoms with van der Waals surface area (Å²) in [6.07, 6.45) is 8.47. The molecule has 0 aromatic heterocycles. The van der Waals surface area contributed by atoms with E-state index in [1.165, 1.54) is 7.11 Å². The number of carbonyl (C=O) groups excluding carboxylic acids is 2. The summed E-state index contributed by atoms with van der Waals surface area (Å²) in [5, 5.41) is 10.2. The van der Waals surface area contributed by atoms with Crippen molar-refractivity contribution < 1.29 is 24.2 Å². The second kappa shape index (κ2) is 12.4. The Morgan fingerprint density at radius 2 is 2.07 bits per heavy atom. The third-order valence-corrected chi connectivity index (χ3v) is 5.46. The van der Waals surface area contributed by atoms with Gasteiger partial charge in [0.2, 0.25) is 0 Å². The monoisotopic (exact) mass is 432 g/mol. The van der Waals surface area contributed by atoms with Crippen LogP contribution in [0.15, 0.2) is 54.3 Å². The van der Waals surface area contributed by atoms with Crippen molar-refractivity contribution in [3.8, 4) is 5.75 Å². The average molecular weight is 433 g/mol. The lowest BCUT2D eigenvalue weighted by atomic mass is 9.87. The molecular formula is C24H29ClO5. The maximum Gasteiger partial charge on any atom is 0.335 e. The first kappa shape index (κ1) is 23.9. The van der Waals surface area contributed by atoms with Gasteiger partial charge in [0.15, 0.2) is 6.10 Å². The quantitative estimate of drug-likeness (QED) is 0.254. The lowest BCUT2D eigenvalue weighted by Crippen LogP contribution is -2.20. The maximum atomic E-state index is 12.4. The molecule has 1 aromatic carbocycles. The molecule has 30 heavy (non-hydrogen) atoms. The Hall–Kier alpha value is -2.33. The van der Waals surface area contributed by atoms with Crippen LogP contribution in [-0.2, 0) is 14.3 Å². The summed E-state index contributed by atoms with van der Waals surface area (Å²) < 4.78 is 10.1. The second-order valence-electron chi connectivity index (χ2n) is 7.44. The van der Waals surface area contributed by atoms with E-state index in [0.29, 0.717) is 30.4 Å². The minimum absolute atomic E-state index is 0.0696. The Bertz CT molecular complexity index is 792. The first-order valence-corrected chi connectivity index (χ1v) is 10.5. The Labute approximate surface area is 183 Å². The zero-order chi connectivity index (χ0) is 21.9. The molecular weight excluding hydrogens is 404 g/mol. The number of aliphatic hydroxyl groups is 1. The van der Waals surface area contributed by atoms with Crippen LogP contribution in [0.5, 0.6) is 5.75 Å². The Balaban J connectivity index is 1.82. The van der Waals surface area contributed by atoms with Gasteiger partial charge in [-0.05, 0) is 61.1 Å². The summed E-state index contributed by atoms with van der Waals surface area (Å²) in [5.74, 6) is 0.797. The van der Waals surface area contributed by atoms with Crippen molar-refractivity contribution in [2.45, 2.75) is 38.7 Å². The fraction of sp³-hybridized carbons (Fsp3) is 0.458. The summed E-state index contributed by atoms with van der Waals surface area (Å²) in [7, 11) is 1.23. The van der Waals surface area contributed by atoms with Gasteiger partial charge in [-0.3, -0.25) is 4.79 Å². The number of hydrogen-bond acceptors (Lipinski definition) is 5. The first-order chi connectivity index (χ1) is 14.4. The lowest BCUT2D eigenvalue weighted by Gasteiger charge is -2.16. The van der Waals surface area contributed by atoms with Gasteiger partial charge in [-0.15, -0.1) is 5.73 Å². The number of esters is 1. The van der Waals surface area contributed by atoms with Gasteiger partial charge in [0, 0.05) is 23.8 Å². The van der Waals surface area contributed by atoms with Crippen LogP contribution in [0.1, 0.15) is 32.6 Å². The van der Waals surface area contributed by atoms with E-state index in [1.807, 2.05) is 12.1 Å². The lowest BCUT2D eigenvalue weighted by molar-refractivity contribution is -0.150. The Morgan fingerprint density at radius 3 is 2.77 bits per heavy atom. The Kier molecular flexibility index (Phi) is 9.88. The highest BCUT2D eigenvalue weighted by Crippen LogP contribution is 2.37. The highest BCUT2D eigenvalue weighted by molar-refractivity contribution is 6.30. The van der Waals surface area contributed by atoms with Gasteiger partial charge in [-0.25, -0.2) is 4.79 Å². The summed E-state index contributed by atoms with van der Waals surface area (Å²) >= 11 is 5.86. The standard InChI is InChI=1S/C24H29ClO5/c1-17-16-23(27)21(9-4-3-5-10-22(26)24(28)29-2)20(17)8-6-7-15-30-19-13-11-18(25)12-14-19/h4-6,8,11-14,17,20-22,26H,7,9-10,15-16H2,1-2H3/b8-6+/t3?,17-,20+,21-,22?/m1/s1. The molecule has 1 N–H and O–H groups in total. The van der Waals surface area contributed by atoms with E-state index in [4.69, 9.17) is 16.3 Å². The van der Waals surface area contributed by atoms with Crippen molar-refractivity contribution in [1.29, 1.82) is 0 Å². The van der Waals surface area contributed by atoms with Gasteiger partial charge in [-0.2, -0.15) is 0 Å². The molecule has 2 rings (SSSR count). The average Bonchev–Trinajstić information content (AvgIpc) is 3.00. The zero-order valence-electron chi connectivity index (χ0n) is 17.4. The largest absolute Gasteiger partial charge is 0.493 e. The number of benzene rings is 1. The van der Waals surface area contributed by atoms with Gasteiger partial charge < -0.3 is 14.6 Å². The number of ether oxygens (including phenoxy) is 2. The summed E-state index contributed by atoms with van der Waals surface area (Å²) in [5.41, 5.74) is 2.95. The van der Waals surface area contributed by atoms with Crippen LogP contribution < -0.4 is 4.74 Å². The molecule has 4 atom stereocenters. The molecule has 0 spiro atoms. The molecule has 0 amide bonds. The number of methoxy groups -OCH3 is 1. The highest BCUT2D eigenvalue weighted by Gasteiger charge is 2.37. The van der Waals surface area contributed by atoms with E-state index in [2.05, 4.69) is 29.5 Å². The first-order valence-electron chi connectivity index (χ1n) is 10.2. The number of aliphatic hydroxyl groups excluding tert-OH is 1. The van der Waals surface area contributed by atoms with Gasteiger partial charge >= 0.3 is 5.97 Å². The molecule has 5 nitrogen and oxygen atoms in total. The van der Waals surface area contributed by atoms with Crippen LogP contribution in [0.4, 0.5) is 0 Å². The molecule has 1 aromatic rings. The van der Waals surface area contributed by atoms with Gasteiger partial charge in [0.05, 0.1) is 13.7 Å². The number of halogens is 1. The van der Waals surface area contributed by atoms with Crippen molar-refractivity contribution in [2.75, 3.05) is 13.7 Å². The molecule has 1 saturated carbocycles. The predicted molar refractivity (Wildman–Crippen MR) is 116 cm³/mol. The molecule has 6 heteroatoms. The topological polar surface area (TPSA) is 72.8 Å². The molecule has 0 saturated heterocycles. The minimum Gasteiger partial charge on any atom is -0.493 e. The van der Waals surface area contributed by atoms with Crippen LogP contribution in [0.3, 0.4) is 0 Å². The van der Waals surface area contributed by atoms with Crippen LogP contribution in [-0.4, -0.2) is 36.7 Å². The number of hydrogen-bond donors (Lipinski definition) is 1. The molecule has 0 aliphatic heterocycles. The van der Waals surface area contributed by atoms with Crippen molar-refractivity contribution >= 4 is 23.4 Å². The summed E-state index contributed by atoms with van der Waals surface area (Å²) in [4.78, 5) is 23.5. The van der Waals surface area contributed by atoms with E-state index < -0.39 is 12.1 Å². The van der Waals surface area contributed by atoms with Crippen LogP contribution >= 0.6 is 11.6 Å². The normalized spacial score (nSPS) is 21.9. The molecule has 1 aliphatic rings. The van der Waals surface area contributed by atoms with E-state index in [1.54, 1.807) is 24.3 Å². The maximum absolute atomic E-state index is 12.4. The smallest absolute Gasteiger partial charge is 0.335 e. The molecule has 1 aliphatic carbocycles. The predicted octanol–water partition coefficient (Wildman–Crippen LogP) is 4.53. The third-order valence-electron chi connectivity index (χ3n) is 5.21. The molecule has 0 bridgehead atoms. The summed E-state index contributed by atoms with van der Waals surface area (Å²) in [6.45, 7) is 2.66. The van der Waals surface area contributed by atoms with Crippen molar-refractivity contribution in [1.82, 2.24) is 0 Å². The molecule has 0 heterocycles. The zero-order valence-corrected chi connectivity index (χ0v) is 18.2. The van der Waals surface area contributed by atoms with Crippen LogP contribution in [0, 0.1) is 17.8 Å². The number of rotatable bonds is 10. The second-order valence-corrected chi connectivity index (χ2v) is 7.87. The fourth-order valence-corrected chi connectivity index (χ4v) is 3.67. The molecule has 162 valence electrons. The minimum atomic E-state index is -1.19. The van der Waals surface area contributed by atoms with E-state index in [-0.39, 0.29) is 24.0 Å². The number of ketones is 1. The van der Waals surface area contributed by atoms with E-state index in [0.717, 1.165) is 12.2 Å². The third kappa shape index (κ3) is 7.49. The van der Waals surface area contributed by atoms with Crippen molar-refractivity contribution in [3.63, 3.8) is 0 Å². The van der Waals surface area contributed by atoms with Gasteiger partial charge in [-0.1, -0.05) is 30.7 Å². The van der Waals surface area contributed by atoms with Crippen LogP contribution in [0.2, 0.25) is 5.02 Å². The van der Waals surface area contributed by atoms with E-state index >= 15 is 0 Å². The van der Waals surface area contributed by atoms with Crippen molar-refractivity contribution in [3.05, 3.63) is 59.3 Å². The van der Waals surface area contributed by atoms with Crippen LogP contribution in [0.25, 0.3) is 0 Å². The fourth-order valence-electron chi connectivity index (χ4n) is 3.55. The molecule has 1 fully saturated rings. The number of Topliss-reactive ketones (excluding diaryl/α,β-unsaturated/α-hetero) is 1. The van der Waals surface area contributed by atoms with E-state index in [9.17, 15) is 14.7 Å².